The van der Waals surface area contributed by atoms with Gasteiger partial charge in [0.25, 0.3) is 0 Å². The second-order valence-corrected chi connectivity index (χ2v) is 13.9. The van der Waals surface area contributed by atoms with Crippen LogP contribution in [-0.4, -0.2) is 21.8 Å². The third-order valence-corrected chi connectivity index (χ3v) is 14.2. The van der Waals surface area contributed by atoms with E-state index in [4.69, 9.17) is 23.2 Å². The second kappa shape index (κ2) is 6.92. The standard InChI is InChI=1S/C6H3Cl2.2C6H5.Bi/c7-5-3-1-2-4-6(5)8;2*1-2-4-6-5-3-1;/h1-3H;2*1-5H;. The van der Waals surface area contributed by atoms with Gasteiger partial charge < -0.3 is 0 Å². The van der Waals surface area contributed by atoms with E-state index in [1.165, 1.54) is 9.81 Å². The summed E-state index contributed by atoms with van der Waals surface area (Å²) in [6, 6.07) is 27.3. The normalized spacial score (nSPS) is 10.8. The van der Waals surface area contributed by atoms with Gasteiger partial charge in [-0.3, -0.25) is 0 Å². The Morgan fingerprint density at radius 3 is 1.62 bits per heavy atom. The molecular formula is C18H13BiCl2. The predicted octanol–water partition coefficient (Wildman–Crippen LogP) is 3.51. The molecule has 3 aromatic rings. The van der Waals surface area contributed by atoms with Crippen LogP contribution in [0.25, 0.3) is 0 Å². The van der Waals surface area contributed by atoms with Gasteiger partial charge in [0, 0.05) is 0 Å². The minimum absolute atomic E-state index is 0.640. The fourth-order valence-electron chi connectivity index (χ4n) is 2.25. The molecule has 3 heteroatoms. The van der Waals surface area contributed by atoms with Crippen molar-refractivity contribution in [3.63, 3.8) is 0 Å². The van der Waals surface area contributed by atoms with E-state index in [9.17, 15) is 0 Å². The third-order valence-electron chi connectivity index (χ3n) is 3.20. The fourth-order valence-corrected chi connectivity index (χ4v) is 12.7. The molecule has 0 atom stereocenters. The molecule has 3 rings (SSSR count). The molecule has 0 aliphatic carbocycles. The average Bonchev–Trinajstić information content (AvgIpc) is 2.54. The Bertz CT molecular complexity index is 687. The van der Waals surface area contributed by atoms with Crippen molar-refractivity contribution in [1.82, 2.24) is 0 Å². The molecule has 0 aromatic heterocycles. The maximum atomic E-state index is 6.51. The van der Waals surface area contributed by atoms with Gasteiger partial charge in [0.15, 0.2) is 0 Å². The molecule has 3 aromatic carbocycles. The topological polar surface area (TPSA) is 0 Å². The molecule has 104 valence electrons. The van der Waals surface area contributed by atoms with Crippen molar-refractivity contribution in [3.05, 3.63) is 88.9 Å². The average molecular weight is 509 g/mol. The molecular weight excluding hydrogens is 496 g/mol. The van der Waals surface area contributed by atoms with Crippen LogP contribution in [0.5, 0.6) is 0 Å². The van der Waals surface area contributed by atoms with E-state index in [1.807, 2.05) is 12.1 Å². The molecule has 0 saturated heterocycles. The zero-order chi connectivity index (χ0) is 14.7. The Labute approximate surface area is 143 Å². The molecule has 0 bridgehead atoms. The Hall–Kier alpha value is -0.877. The van der Waals surface area contributed by atoms with Crippen LogP contribution in [0.15, 0.2) is 78.9 Å². The molecule has 0 aliphatic heterocycles. The van der Waals surface area contributed by atoms with E-state index in [0.29, 0.717) is 10.0 Å². The van der Waals surface area contributed by atoms with Crippen LogP contribution in [0.4, 0.5) is 0 Å². The van der Waals surface area contributed by atoms with Crippen molar-refractivity contribution in [1.29, 1.82) is 0 Å². The van der Waals surface area contributed by atoms with Gasteiger partial charge in [-0.25, -0.2) is 0 Å². The molecule has 0 unspecified atom stereocenters. The van der Waals surface area contributed by atoms with E-state index in [0.717, 1.165) is 0 Å². The summed E-state index contributed by atoms with van der Waals surface area (Å²) in [6.07, 6.45) is 0. The van der Waals surface area contributed by atoms with Gasteiger partial charge in [0.05, 0.1) is 0 Å². The number of hydrogen-bond acceptors (Lipinski definition) is 0. The molecule has 21 heavy (non-hydrogen) atoms. The Morgan fingerprint density at radius 1 is 0.571 bits per heavy atom. The van der Waals surface area contributed by atoms with Crippen molar-refractivity contribution in [2.45, 2.75) is 0 Å². The first-order chi connectivity index (χ1) is 10.3. The Morgan fingerprint density at radius 2 is 1.10 bits per heavy atom. The zero-order valence-corrected chi connectivity index (χ0v) is 16.2. The summed E-state index contributed by atoms with van der Waals surface area (Å²) in [4.78, 5) is 0. The van der Waals surface area contributed by atoms with Crippen molar-refractivity contribution in [3.8, 4) is 0 Å². The Kier molecular flexibility index (Phi) is 4.96. The summed E-state index contributed by atoms with van der Waals surface area (Å²) >= 11 is 10.4. The van der Waals surface area contributed by atoms with Crippen LogP contribution in [0, 0.1) is 0 Å². The molecule has 0 amide bonds. The minimum atomic E-state index is -2.37. The van der Waals surface area contributed by atoms with Gasteiger partial charge in [-0.2, -0.15) is 0 Å². The maximum absolute atomic E-state index is 6.51. The molecule has 0 spiro atoms. The van der Waals surface area contributed by atoms with Gasteiger partial charge in [-0.1, -0.05) is 0 Å². The quantitative estimate of drug-likeness (QED) is 0.475. The molecule has 0 saturated carbocycles. The van der Waals surface area contributed by atoms with E-state index in [1.54, 1.807) is 0 Å². The summed E-state index contributed by atoms with van der Waals surface area (Å²) in [5.74, 6) is 0. The molecule has 0 fully saturated rings. The van der Waals surface area contributed by atoms with Crippen LogP contribution in [-0.2, 0) is 0 Å². The van der Waals surface area contributed by atoms with Crippen LogP contribution in [0.1, 0.15) is 0 Å². The van der Waals surface area contributed by atoms with Crippen LogP contribution >= 0.6 is 23.2 Å². The molecule has 0 nitrogen and oxygen atoms in total. The first kappa shape index (κ1) is 15.0. The summed E-state index contributed by atoms with van der Waals surface area (Å²) in [5.41, 5.74) is 0. The SMILES string of the molecule is Clc1ccc[c]([Bi]([c]2ccccc2)[c]2ccccc2)c1Cl. The van der Waals surface area contributed by atoms with Crippen LogP contribution < -0.4 is 9.81 Å². The summed E-state index contributed by atoms with van der Waals surface area (Å²) < 4.78 is 4.04. The first-order valence-corrected chi connectivity index (χ1v) is 12.6. The van der Waals surface area contributed by atoms with E-state index < -0.39 is 21.8 Å². The van der Waals surface area contributed by atoms with Gasteiger partial charge in [0.2, 0.25) is 0 Å². The van der Waals surface area contributed by atoms with Gasteiger partial charge >= 0.3 is 144 Å². The summed E-state index contributed by atoms with van der Waals surface area (Å²) in [5, 5.41) is 1.35. The Balaban J connectivity index is 2.20. The van der Waals surface area contributed by atoms with Gasteiger partial charge in [-0.15, -0.1) is 0 Å². The van der Waals surface area contributed by atoms with Crippen molar-refractivity contribution in [2.24, 2.45) is 0 Å². The van der Waals surface area contributed by atoms with E-state index in [2.05, 4.69) is 66.7 Å². The van der Waals surface area contributed by atoms with E-state index >= 15 is 0 Å². The van der Waals surface area contributed by atoms with Crippen molar-refractivity contribution >= 4 is 54.8 Å². The monoisotopic (exact) mass is 508 g/mol. The molecule has 0 N–H and O–H groups in total. The van der Waals surface area contributed by atoms with Crippen LogP contribution in [0.2, 0.25) is 10.0 Å². The predicted molar refractivity (Wildman–Crippen MR) is 94.0 cm³/mol. The summed E-state index contributed by atoms with van der Waals surface area (Å²) in [7, 11) is 0. The number of benzene rings is 3. The second-order valence-electron chi connectivity index (χ2n) is 4.58. The van der Waals surface area contributed by atoms with Gasteiger partial charge in [-0.05, 0) is 0 Å². The molecule has 0 aliphatic rings. The fraction of sp³-hybridized carbons (Fsp3) is 0. The number of halogens is 2. The van der Waals surface area contributed by atoms with Gasteiger partial charge in [0.1, 0.15) is 0 Å². The third kappa shape index (κ3) is 3.32. The van der Waals surface area contributed by atoms with Crippen molar-refractivity contribution in [2.75, 3.05) is 0 Å². The zero-order valence-electron chi connectivity index (χ0n) is 11.2. The number of hydrogen-bond donors (Lipinski definition) is 0. The summed E-state index contributed by atoms with van der Waals surface area (Å²) in [6.45, 7) is 0. The molecule has 0 heterocycles. The first-order valence-electron chi connectivity index (χ1n) is 6.61. The van der Waals surface area contributed by atoms with Crippen molar-refractivity contribution < 1.29 is 0 Å². The molecule has 0 radical (unpaired) electrons. The van der Waals surface area contributed by atoms with Crippen LogP contribution in [0.3, 0.4) is 0 Å². The van der Waals surface area contributed by atoms with E-state index in [-0.39, 0.29) is 0 Å². The number of rotatable bonds is 3.